The van der Waals surface area contributed by atoms with Crippen LogP contribution in [0, 0.1) is 11.8 Å². The van der Waals surface area contributed by atoms with Crippen LogP contribution in [0.2, 0.25) is 0 Å². The number of allylic oxidation sites excluding steroid dienone is 1. The van der Waals surface area contributed by atoms with Gasteiger partial charge in [0.2, 0.25) is 0 Å². The lowest BCUT2D eigenvalue weighted by molar-refractivity contribution is 0.138. The van der Waals surface area contributed by atoms with E-state index in [0.717, 1.165) is 25.1 Å². The lowest BCUT2D eigenvalue weighted by atomic mass is 9.81. The number of aliphatic hydroxyl groups excluding tert-OH is 1. The monoisotopic (exact) mass is 333 g/mol. The third kappa shape index (κ3) is 3.70. The maximum Gasteiger partial charge on any atom is 0.0793 e. The molecule has 25 heavy (non-hydrogen) atoms. The molecule has 2 aromatic rings. The predicted octanol–water partition coefficient (Wildman–Crippen LogP) is 4.58. The maximum absolute atomic E-state index is 10.7. The van der Waals surface area contributed by atoms with Crippen LogP contribution in [0.25, 0.3) is 0 Å². The fourth-order valence-corrected chi connectivity index (χ4v) is 4.63. The summed E-state index contributed by atoms with van der Waals surface area (Å²) in [7, 11) is 0. The Morgan fingerprint density at radius 3 is 2.48 bits per heavy atom. The fourth-order valence-electron chi connectivity index (χ4n) is 4.63. The number of hydrogen-bond acceptors (Lipinski definition) is 2. The van der Waals surface area contributed by atoms with Crippen molar-refractivity contribution in [3.05, 3.63) is 83.9 Å². The molecule has 1 fully saturated rings. The highest BCUT2D eigenvalue weighted by atomic mass is 16.3. The first-order chi connectivity index (χ1) is 12.3. The van der Waals surface area contributed by atoms with E-state index < -0.39 is 0 Å². The van der Waals surface area contributed by atoms with Gasteiger partial charge in [-0.2, -0.15) is 0 Å². The molecule has 0 spiro atoms. The number of aliphatic hydroxyl groups is 1. The zero-order chi connectivity index (χ0) is 17.1. The van der Waals surface area contributed by atoms with Gasteiger partial charge in [0, 0.05) is 19.1 Å². The molecule has 0 amide bonds. The summed E-state index contributed by atoms with van der Waals surface area (Å²) in [4.78, 5) is 2.64. The lowest BCUT2D eigenvalue weighted by Gasteiger charge is -2.29. The van der Waals surface area contributed by atoms with E-state index in [1.54, 1.807) is 0 Å². The summed E-state index contributed by atoms with van der Waals surface area (Å²) in [5, 5.41) is 10.7. The molecular formula is C23H27NO. The van der Waals surface area contributed by atoms with Crippen molar-refractivity contribution in [2.24, 2.45) is 11.8 Å². The molecule has 2 aliphatic rings. The van der Waals surface area contributed by atoms with Gasteiger partial charge in [0.15, 0.2) is 0 Å². The van der Waals surface area contributed by atoms with Crippen molar-refractivity contribution in [2.45, 2.75) is 38.0 Å². The van der Waals surface area contributed by atoms with E-state index in [-0.39, 0.29) is 6.10 Å². The van der Waals surface area contributed by atoms with E-state index in [2.05, 4.69) is 47.4 Å². The van der Waals surface area contributed by atoms with Crippen molar-refractivity contribution in [2.75, 3.05) is 6.54 Å². The second-order valence-corrected chi connectivity index (χ2v) is 7.49. The average molecular weight is 333 g/mol. The SMILES string of the molecule is OC(C[C@@H]1CN(Cc2ccccc2)[C@@H]2CCC=C[C@H]12)c1ccccc1. The Balaban J connectivity index is 1.48. The summed E-state index contributed by atoms with van der Waals surface area (Å²) in [6.45, 7) is 2.10. The Kier molecular flexibility index (Phi) is 5.00. The van der Waals surface area contributed by atoms with Crippen molar-refractivity contribution >= 4 is 0 Å². The molecular weight excluding hydrogens is 306 g/mol. The second-order valence-electron chi connectivity index (χ2n) is 7.49. The number of hydrogen-bond donors (Lipinski definition) is 1. The number of fused-ring (bicyclic) bond motifs is 1. The third-order valence-electron chi connectivity index (χ3n) is 5.85. The van der Waals surface area contributed by atoms with Gasteiger partial charge in [-0.25, -0.2) is 0 Å². The Morgan fingerprint density at radius 2 is 1.72 bits per heavy atom. The predicted molar refractivity (Wildman–Crippen MR) is 102 cm³/mol. The van der Waals surface area contributed by atoms with Crippen LogP contribution in [0.3, 0.4) is 0 Å². The molecule has 1 aliphatic heterocycles. The highest BCUT2D eigenvalue weighted by Crippen LogP contribution is 2.41. The summed E-state index contributed by atoms with van der Waals surface area (Å²) in [6.07, 6.45) is 7.67. The van der Waals surface area contributed by atoms with Crippen molar-refractivity contribution in [3.63, 3.8) is 0 Å². The molecule has 0 radical (unpaired) electrons. The van der Waals surface area contributed by atoms with Gasteiger partial charge in [-0.3, -0.25) is 4.90 Å². The summed E-state index contributed by atoms with van der Waals surface area (Å²) in [5.74, 6) is 1.11. The first-order valence-electron chi connectivity index (χ1n) is 9.49. The molecule has 1 unspecified atom stereocenters. The lowest BCUT2D eigenvalue weighted by Crippen LogP contribution is -2.32. The van der Waals surface area contributed by atoms with Gasteiger partial charge in [0.05, 0.1) is 6.10 Å². The topological polar surface area (TPSA) is 23.5 Å². The van der Waals surface area contributed by atoms with E-state index in [1.807, 2.05) is 30.3 Å². The van der Waals surface area contributed by atoms with Gasteiger partial charge in [-0.1, -0.05) is 72.8 Å². The molecule has 1 aliphatic carbocycles. The maximum atomic E-state index is 10.7. The van der Waals surface area contributed by atoms with Crippen LogP contribution >= 0.6 is 0 Å². The first kappa shape index (κ1) is 16.6. The minimum atomic E-state index is -0.362. The summed E-state index contributed by atoms with van der Waals surface area (Å²) < 4.78 is 0. The molecule has 4 atom stereocenters. The number of likely N-dealkylation sites (tertiary alicyclic amines) is 1. The molecule has 1 N–H and O–H groups in total. The van der Waals surface area contributed by atoms with Crippen LogP contribution < -0.4 is 0 Å². The van der Waals surface area contributed by atoms with Crippen molar-refractivity contribution in [1.82, 2.24) is 4.90 Å². The van der Waals surface area contributed by atoms with Crippen molar-refractivity contribution < 1.29 is 5.11 Å². The second kappa shape index (κ2) is 7.55. The molecule has 1 heterocycles. The minimum absolute atomic E-state index is 0.362. The van der Waals surface area contributed by atoms with Crippen LogP contribution in [0.5, 0.6) is 0 Å². The van der Waals surface area contributed by atoms with E-state index in [1.165, 1.54) is 18.4 Å². The van der Waals surface area contributed by atoms with E-state index in [9.17, 15) is 5.11 Å². The smallest absolute Gasteiger partial charge is 0.0793 e. The Labute approximate surface area is 150 Å². The summed E-state index contributed by atoms with van der Waals surface area (Å²) >= 11 is 0. The van der Waals surface area contributed by atoms with Gasteiger partial charge in [-0.15, -0.1) is 0 Å². The van der Waals surface area contributed by atoms with Gasteiger partial charge in [0.1, 0.15) is 0 Å². The van der Waals surface area contributed by atoms with Gasteiger partial charge in [0.25, 0.3) is 0 Å². The van der Waals surface area contributed by atoms with Gasteiger partial charge >= 0.3 is 0 Å². The number of nitrogens with zero attached hydrogens (tertiary/aromatic N) is 1. The molecule has 0 bridgehead atoms. The highest BCUT2D eigenvalue weighted by molar-refractivity contribution is 5.19. The molecule has 2 heteroatoms. The molecule has 1 saturated heterocycles. The average Bonchev–Trinajstić information content (AvgIpc) is 3.01. The molecule has 2 aromatic carbocycles. The van der Waals surface area contributed by atoms with Gasteiger partial charge < -0.3 is 5.11 Å². The van der Waals surface area contributed by atoms with Crippen LogP contribution in [0.1, 0.15) is 36.5 Å². The summed E-state index contributed by atoms with van der Waals surface area (Å²) in [5.41, 5.74) is 2.43. The fraction of sp³-hybridized carbons (Fsp3) is 0.391. The summed E-state index contributed by atoms with van der Waals surface area (Å²) in [6, 6.07) is 21.5. The van der Waals surface area contributed by atoms with Crippen LogP contribution in [0.15, 0.2) is 72.8 Å². The molecule has 2 nitrogen and oxygen atoms in total. The van der Waals surface area contributed by atoms with Crippen LogP contribution in [-0.2, 0) is 6.54 Å². The van der Waals surface area contributed by atoms with Gasteiger partial charge in [-0.05, 0) is 42.2 Å². The third-order valence-corrected chi connectivity index (χ3v) is 5.85. The normalized spacial score (nSPS) is 27.2. The van der Waals surface area contributed by atoms with Crippen LogP contribution in [0.4, 0.5) is 0 Å². The first-order valence-corrected chi connectivity index (χ1v) is 9.49. The molecule has 0 saturated carbocycles. The zero-order valence-electron chi connectivity index (χ0n) is 14.7. The minimum Gasteiger partial charge on any atom is -0.388 e. The zero-order valence-corrected chi connectivity index (χ0v) is 14.7. The van der Waals surface area contributed by atoms with Crippen molar-refractivity contribution in [1.29, 1.82) is 0 Å². The number of rotatable bonds is 5. The highest BCUT2D eigenvalue weighted by Gasteiger charge is 2.41. The van der Waals surface area contributed by atoms with Crippen molar-refractivity contribution in [3.8, 4) is 0 Å². The quantitative estimate of drug-likeness (QED) is 0.810. The van der Waals surface area contributed by atoms with E-state index in [4.69, 9.17) is 0 Å². The van der Waals surface area contributed by atoms with E-state index >= 15 is 0 Å². The Bertz CT molecular complexity index is 697. The molecule has 0 aromatic heterocycles. The number of benzene rings is 2. The van der Waals surface area contributed by atoms with Crippen LogP contribution in [-0.4, -0.2) is 22.6 Å². The molecule has 4 rings (SSSR count). The Morgan fingerprint density at radius 1 is 1.00 bits per heavy atom. The largest absolute Gasteiger partial charge is 0.388 e. The van der Waals surface area contributed by atoms with E-state index in [0.29, 0.717) is 17.9 Å². The standard InChI is InChI=1S/C23H27NO/c25-23(19-11-5-2-6-12-19)15-20-17-24(16-18-9-3-1-4-10-18)22-14-8-7-13-21(20)22/h1-7,9-13,20-23,25H,8,14-17H2/t20-,21-,22-,23?/m1/s1. The Hall–Kier alpha value is -1.90. The molecule has 130 valence electrons.